The second kappa shape index (κ2) is 38.3. The van der Waals surface area contributed by atoms with E-state index in [0.717, 1.165) is 70.7 Å². The number of anilines is 3. The van der Waals surface area contributed by atoms with Crippen LogP contribution in [0.4, 0.5) is 41.0 Å². The van der Waals surface area contributed by atoms with Crippen molar-refractivity contribution in [1.82, 2.24) is 36.0 Å². The zero-order valence-electron chi connectivity index (χ0n) is 62.9. The number of benzene rings is 10. The van der Waals surface area contributed by atoms with Gasteiger partial charge in [-0.05, 0) is 102 Å². The number of rotatable bonds is 17. The van der Waals surface area contributed by atoms with E-state index in [2.05, 4.69) is 21.3 Å². The molecule has 5 fully saturated rings. The molecule has 0 saturated carbocycles. The molecule has 0 aromatic heterocycles. The minimum Gasteiger partial charge on any atom is -0.277 e. The maximum atomic E-state index is 13.0. The first kappa shape index (κ1) is 81.2. The van der Waals surface area contributed by atoms with E-state index in [1.807, 2.05) is 178 Å². The fourth-order valence-corrected chi connectivity index (χ4v) is 13.1. The Morgan fingerprint density at radius 3 is 0.983 bits per heavy atom. The Kier molecular flexibility index (Phi) is 27.0. The predicted molar refractivity (Wildman–Crippen MR) is 426 cm³/mol. The summed E-state index contributed by atoms with van der Waals surface area (Å²) in [5.41, 5.74) is 8.56. The Hall–Kier alpha value is -14.8. The van der Waals surface area contributed by atoms with E-state index in [1.54, 1.807) is 133 Å². The van der Waals surface area contributed by atoms with Crippen LogP contribution in [0.1, 0.15) is 94.0 Å². The van der Waals surface area contributed by atoms with Gasteiger partial charge in [0.2, 0.25) is 53.2 Å². The number of amides is 20. The highest BCUT2D eigenvalue weighted by atomic mass is 16.2. The standard InChI is InChI=1S/C21H22N2O3.2C18H16N2O3.C17H14N2O3.C16H12N2O3/c1-2-3-14-18-19(24)22(15-16-10-6-4-7-11-16)21(26)23(20(18)25)17-12-8-5-9-13-17;1-12-7-9-14(10-8-12)15-16(21)19-18(23)20(17(15)22)11-13-5-3-2-4-6-13;1-12-7-9-14(10-8-12)20-17(22)15(16(21)19-18(20)23)11-13-5-3-2-4-6-13;20-15-14(13-9-5-2-6-10-13)16(21)19(17(22)18-15)11-12-7-3-1-4-8-12;19-14-13(11-7-3-1-4-8-11)15(20)18(16(21)17-14)12-9-5-2-6-10-12/h4-13,18H,2-3,14-15H2,1H3;2*2-10,15H,11H2,1H3,(H,19,21,23);1-10,14H,11H2,(H,18,20,22);1-10,13H,(H,17,19,21). The molecule has 15 rings (SSSR count). The first-order valence-electron chi connectivity index (χ1n) is 37.0. The van der Waals surface area contributed by atoms with Crippen molar-refractivity contribution in [2.45, 2.75) is 83.8 Å². The topological polar surface area (TPSA) is 324 Å². The van der Waals surface area contributed by atoms with Crippen molar-refractivity contribution < 1.29 is 71.9 Å². The summed E-state index contributed by atoms with van der Waals surface area (Å²) in [6, 6.07) is 82.6. The number of hydrogen-bond donors (Lipinski definition) is 4. The summed E-state index contributed by atoms with van der Waals surface area (Å²) in [4.78, 5) is 192. The fourth-order valence-electron chi connectivity index (χ4n) is 13.1. The zero-order chi connectivity index (χ0) is 81.7. The van der Waals surface area contributed by atoms with Crippen LogP contribution in [0.15, 0.2) is 291 Å². The van der Waals surface area contributed by atoms with Gasteiger partial charge in [0.25, 0.3) is 5.91 Å². The molecule has 0 bridgehead atoms. The van der Waals surface area contributed by atoms with Gasteiger partial charge in [0.1, 0.15) is 29.6 Å². The van der Waals surface area contributed by atoms with Crippen LogP contribution in [-0.2, 0) is 74.0 Å². The van der Waals surface area contributed by atoms with Crippen LogP contribution in [0.3, 0.4) is 0 Å². The summed E-state index contributed by atoms with van der Waals surface area (Å²) in [5.74, 6) is -9.85. The van der Waals surface area contributed by atoms with E-state index >= 15 is 0 Å². The molecule has 4 N–H and O–H groups in total. The van der Waals surface area contributed by atoms with Gasteiger partial charge in [0.05, 0.1) is 36.7 Å². The quantitative estimate of drug-likeness (QED) is 0.0616. The number of imide groups is 10. The molecule has 25 heteroatoms. The zero-order valence-corrected chi connectivity index (χ0v) is 62.9. The van der Waals surface area contributed by atoms with Crippen LogP contribution < -0.4 is 36.0 Å². The van der Waals surface area contributed by atoms with E-state index in [1.165, 1.54) is 4.90 Å². The van der Waals surface area contributed by atoms with Crippen LogP contribution in [0, 0.1) is 25.7 Å². The first-order chi connectivity index (χ1) is 55.6. The number of carbonyl (C=O) groups excluding carboxylic acids is 15. The van der Waals surface area contributed by atoms with E-state index in [4.69, 9.17) is 0 Å². The predicted octanol–water partition coefficient (Wildman–Crippen LogP) is 12.9. The molecule has 5 saturated heterocycles. The van der Waals surface area contributed by atoms with Gasteiger partial charge >= 0.3 is 30.2 Å². The maximum absolute atomic E-state index is 13.0. The Morgan fingerprint density at radius 2 is 0.574 bits per heavy atom. The van der Waals surface area contributed by atoms with Crippen molar-refractivity contribution in [3.05, 3.63) is 341 Å². The van der Waals surface area contributed by atoms with Crippen molar-refractivity contribution in [1.29, 1.82) is 0 Å². The number of urea groups is 5. The van der Waals surface area contributed by atoms with Gasteiger partial charge in [0.15, 0.2) is 0 Å². The van der Waals surface area contributed by atoms with Crippen LogP contribution in [0.2, 0.25) is 0 Å². The molecule has 20 amide bonds. The van der Waals surface area contributed by atoms with Gasteiger partial charge in [0, 0.05) is 0 Å². The second-order valence-electron chi connectivity index (χ2n) is 27.2. The minimum absolute atomic E-state index is 0.140. The van der Waals surface area contributed by atoms with Crippen LogP contribution in [0.25, 0.3) is 0 Å². The van der Waals surface area contributed by atoms with Gasteiger partial charge in [-0.3, -0.25) is 83.9 Å². The van der Waals surface area contributed by atoms with Gasteiger partial charge < -0.3 is 0 Å². The second-order valence-corrected chi connectivity index (χ2v) is 27.2. The largest absolute Gasteiger partial charge is 0.338 e. The molecule has 5 atom stereocenters. The molecule has 5 aliphatic heterocycles. The summed E-state index contributed by atoms with van der Waals surface area (Å²) < 4.78 is 0. The SMILES string of the molecule is CCCCC1C(=O)N(Cc2ccccc2)C(=O)N(c2ccccc2)C1=O.Cc1ccc(C2C(=O)NC(=O)N(Cc3ccccc3)C2=O)cc1.Cc1ccc(N2C(=O)NC(=O)C(Cc3ccccc3)C2=O)cc1.O=C1NC(=O)N(Cc2ccccc2)C(=O)C1c1ccccc1.O=C1NC(=O)N(c2ccccc2)C(=O)C1c1ccccc1. The molecule has 115 heavy (non-hydrogen) atoms. The average molecular weight is 1540 g/mol. The van der Waals surface area contributed by atoms with Gasteiger partial charge in [-0.15, -0.1) is 0 Å². The van der Waals surface area contributed by atoms with Gasteiger partial charge in [-0.25, -0.2) is 38.7 Å². The molecular weight excluding hydrogens is 1460 g/mol. The third kappa shape index (κ3) is 19.9. The molecule has 10 aromatic carbocycles. The number of unbranched alkanes of at least 4 members (excludes halogenated alkanes) is 1. The molecule has 5 heterocycles. The third-order valence-corrected chi connectivity index (χ3v) is 19.1. The van der Waals surface area contributed by atoms with Crippen molar-refractivity contribution in [2.24, 2.45) is 11.8 Å². The molecule has 580 valence electrons. The minimum atomic E-state index is -1.01. The third-order valence-electron chi connectivity index (χ3n) is 19.1. The molecule has 10 aromatic rings. The highest BCUT2D eigenvalue weighted by Gasteiger charge is 2.48. The number of aryl methyl sites for hydroxylation is 2. The van der Waals surface area contributed by atoms with Crippen LogP contribution in [-0.4, -0.2) is 104 Å². The van der Waals surface area contributed by atoms with Crippen LogP contribution >= 0.6 is 0 Å². The van der Waals surface area contributed by atoms with Crippen molar-refractivity contribution in [3.8, 4) is 0 Å². The maximum Gasteiger partial charge on any atom is 0.338 e. The van der Waals surface area contributed by atoms with E-state index in [9.17, 15) is 71.9 Å². The van der Waals surface area contributed by atoms with Gasteiger partial charge in [-0.2, -0.15) is 0 Å². The number of nitrogens with one attached hydrogen (secondary N) is 4. The number of barbiturate groups is 5. The highest BCUT2D eigenvalue weighted by Crippen LogP contribution is 2.32. The first-order valence-corrected chi connectivity index (χ1v) is 37.0. The average Bonchev–Trinajstić information content (AvgIpc) is 0.776. The highest BCUT2D eigenvalue weighted by molar-refractivity contribution is 6.31. The lowest BCUT2D eigenvalue weighted by Crippen LogP contribution is -2.59. The summed E-state index contributed by atoms with van der Waals surface area (Å²) >= 11 is 0. The summed E-state index contributed by atoms with van der Waals surface area (Å²) in [5, 5.41) is 9.03. The van der Waals surface area contributed by atoms with E-state index in [0.29, 0.717) is 40.2 Å². The molecule has 0 radical (unpaired) electrons. The van der Waals surface area contributed by atoms with Crippen LogP contribution in [0.5, 0.6) is 0 Å². The molecule has 0 aliphatic carbocycles. The summed E-state index contributed by atoms with van der Waals surface area (Å²) in [7, 11) is 0. The Labute approximate surface area is 662 Å². The summed E-state index contributed by atoms with van der Waals surface area (Å²) in [6.45, 7) is 6.31. The lowest BCUT2D eigenvalue weighted by Gasteiger charge is -2.37. The van der Waals surface area contributed by atoms with Crippen molar-refractivity contribution >= 4 is 106 Å². The number of para-hydroxylation sites is 2. The Morgan fingerprint density at radius 1 is 0.270 bits per heavy atom. The molecular formula is C90H80N10O15. The molecule has 5 unspecified atom stereocenters. The summed E-state index contributed by atoms with van der Waals surface area (Å²) in [6.07, 6.45) is 2.37. The number of nitrogens with zero attached hydrogens (tertiary/aromatic N) is 6. The van der Waals surface area contributed by atoms with Crippen molar-refractivity contribution in [3.63, 3.8) is 0 Å². The van der Waals surface area contributed by atoms with E-state index in [-0.39, 0.29) is 26.1 Å². The smallest absolute Gasteiger partial charge is 0.277 e. The molecule has 0 spiro atoms. The number of hydrogen-bond acceptors (Lipinski definition) is 15. The van der Waals surface area contributed by atoms with E-state index < -0.39 is 119 Å². The molecule has 25 nitrogen and oxygen atoms in total. The number of carbonyl (C=O) groups is 15. The Bertz CT molecular complexity index is 5040. The lowest BCUT2D eigenvalue weighted by atomic mass is 9.94. The monoisotopic (exact) mass is 1540 g/mol. The van der Waals surface area contributed by atoms with Gasteiger partial charge in [-0.1, -0.05) is 286 Å². The molecule has 5 aliphatic rings. The Balaban J connectivity index is 0.000000142. The normalized spacial score (nSPS) is 18.1. The van der Waals surface area contributed by atoms with Crippen molar-refractivity contribution in [2.75, 3.05) is 14.7 Å². The fraction of sp³-hybridized carbons (Fsp3) is 0.167. The lowest BCUT2D eigenvalue weighted by molar-refractivity contribution is -0.142.